The Bertz CT molecular complexity index is 323. The van der Waals surface area contributed by atoms with Gasteiger partial charge in [0, 0.05) is 24.1 Å². The number of hydrogen-bond donors (Lipinski definition) is 1. The van der Waals surface area contributed by atoms with Crippen LogP contribution in [0, 0.1) is 6.92 Å². The van der Waals surface area contributed by atoms with Gasteiger partial charge in [-0.15, -0.1) is 11.3 Å². The first-order chi connectivity index (χ1) is 7.81. The molecule has 0 aromatic carbocycles. The molecular weight excluding hydrogens is 220 g/mol. The van der Waals surface area contributed by atoms with Crippen LogP contribution in [-0.4, -0.2) is 34.2 Å². The zero-order valence-corrected chi connectivity index (χ0v) is 10.7. The van der Waals surface area contributed by atoms with Gasteiger partial charge in [0.1, 0.15) is 0 Å². The zero-order chi connectivity index (χ0) is 11.4. The summed E-state index contributed by atoms with van der Waals surface area (Å²) in [5.74, 6) is 0. The first-order valence-electron chi connectivity index (χ1n) is 6.05. The van der Waals surface area contributed by atoms with E-state index in [4.69, 9.17) is 5.11 Å². The molecule has 1 fully saturated rings. The molecule has 0 aliphatic heterocycles. The summed E-state index contributed by atoms with van der Waals surface area (Å²) >= 11 is 1.76. The molecular formula is C12H20N2OS. The van der Waals surface area contributed by atoms with Gasteiger partial charge in [-0.05, 0) is 39.2 Å². The van der Waals surface area contributed by atoms with E-state index in [1.165, 1.54) is 23.4 Å². The highest BCUT2D eigenvalue weighted by Crippen LogP contribution is 2.29. The summed E-state index contributed by atoms with van der Waals surface area (Å²) in [5.41, 5.74) is 3.11. The van der Waals surface area contributed by atoms with Gasteiger partial charge in [-0.3, -0.25) is 4.90 Å². The molecule has 0 amide bonds. The lowest BCUT2D eigenvalue weighted by atomic mass is 10.2. The third kappa shape index (κ3) is 3.27. The van der Waals surface area contributed by atoms with Gasteiger partial charge in [0.2, 0.25) is 0 Å². The van der Waals surface area contributed by atoms with Crippen molar-refractivity contribution in [1.82, 2.24) is 9.88 Å². The van der Waals surface area contributed by atoms with E-state index in [0.29, 0.717) is 6.61 Å². The standard InChI is InChI=1S/C12H20N2OS/c1-10-12(16-9-13-10)8-14(11-4-5-11)6-2-3-7-15/h9,11,15H,2-8H2,1H3. The average molecular weight is 240 g/mol. The molecule has 1 aliphatic rings. The predicted octanol–water partition coefficient (Wildman–Crippen LogP) is 2.19. The van der Waals surface area contributed by atoms with Crippen LogP contribution in [0.1, 0.15) is 36.3 Å². The van der Waals surface area contributed by atoms with E-state index in [1.54, 1.807) is 11.3 Å². The maximum absolute atomic E-state index is 8.81. The minimum absolute atomic E-state index is 0.318. The Morgan fingerprint density at radius 3 is 2.88 bits per heavy atom. The SMILES string of the molecule is Cc1ncsc1CN(CCCCO)C1CC1. The Kier molecular flexibility index (Phi) is 4.32. The number of hydrogen-bond acceptors (Lipinski definition) is 4. The fourth-order valence-electron chi connectivity index (χ4n) is 1.92. The molecule has 0 atom stereocenters. The number of rotatable bonds is 7. The van der Waals surface area contributed by atoms with Crippen LogP contribution in [0.5, 0.6) is 0 Å². The predicted molar refractivity (Wildman–Crippen MR) is 66.6 cm³/mol. The number of nitrogens with zero attached hydrogens (tertiary/aromatic N) is 2. The van der Waals surface area contributed by atoms with Gasteiger partial charge < -0.3 is 5.11 Å². The second kappa shape index (κ2) is 5.75. The molecule has 0 spiro atoms. The summed E-state index contributed by atoms with van der Waals surface area (Å²) in [5, 5.41) is 8.81. The minimum atomic E-state index is 0.318. The molecule has 1 N–H and O–H groups in total. The molecule has 1 aromatic heterocycles. The maximum Gasteiger partial charge on any atom is 0.0798 e. The highest BCUT2D eigenvalue weighted by atomic mass is 32.1. The van der Waals surface area contributed by atoms with Crippen LogP contribution in [-0.2, 0) is 6.54 Å². The number of aliphatic hydroxyl groups is 1. The average Bonchev–Trinajstić information content (AvgIpc) is 3.04. The first-order valence-corrected chi connectivity index (χ1v) is 6.93. The van der Waals surface area contributed by atoms with Gasteiger partial charge in [-0.1, -0.05) is 0 Å². The Morgan fingerprint density at radius 1 is 1.50 bits per heavy atom. The third-order valence-electron chi connectivity index (χ3n) is 3.11. The Morgan fingerprint density at radius 2 is 2.31 bits per heavy atom. The van der Waals surface area contributed by atoms with Gasteiger partial charge in [-0.2, -0.15) is 0 Å². The number of thiazole rings is 1. The minimum Gasteiger partial charge on any atom is -0.396 e. The van der Waals surface area contributed by atoms with E-state index in [9.17, 15) is 0 Å². The molecule has 1 aliphatic carbocycles. The smallest absolute Gasteiger partial charge is 0.0798 e. The van der Waals surface area contributed by atoms with Crippen molar-refractivity contribution in [2.75, 3.05) is 13.2 Å². The topological polar surface area (TPSA) is 36.4 Å². The molecule has 2 rings (SSSR count). The van der Waals surface area contributed by atoms with Crippen molar-refractivity contribution in [1.29, 1.82) is 0 Å². The quantitative estimate of drug-likeness (QED) is 0.742. The fourth-order valence-corrected chi connectivity index (χ4v) is 2.72. The van der Waals surface area contributed by atoms with Crippen LogP contribution < -0.4 is 0 Å². The monoisotopic (exact) mass is 240 g/mol. The number of aliphatic hydroxyl groups excluding tert-OH is 1. The molecule has 16 heavy (non-hydrogen) atoms. The van der Waals surface area contributed by atoms with Crippen molar-refractivity contribution in [2.24, 2.45) is 0 Å². The second-order valence-corrected chi connectivity index (χ2v) is 5.43. The molecule has 90 valence electrons. The molecule has 1 heterocycles. The lowest BCUT2D eigenvalue weighted by Crippen LogP contribution is -2.26. The molecule has 0 radical (unpaired) electrons. The van der Waals surface area contributed by atoms with Gasteiger partial charge >= 0.3 is 0 Å². The summed E-state index contributed by atoms with van der Waals surface area (Å²) < 4.78 is 0. The van der Waals surface area contributed by atoms with E-state index >= 15 is 0 Å². The van der Waals surface area contributed by atoms with Crippen LogP contribution in [0.25, 0.3) is 0 Å². The van der Waals surface area contributed by atoms with E-state index in [0.717, 1.165) is 32.0 Å². The second-order valence-electron chi connectivity index (χ2n) is 4.49. The van der Waals surface area contributed by atoms with Crippen LogP contribution in [0.15, 0.2) is 5.51 Å². The third-order valence-corrected chi connectivity index (χ3v) is 4.03. The summed E-state index contributed by atoms with van der Waals surface area (Å²) in [6, 6.07) is 0.792. The summed E-state index contributed by atoms with van der Waals surface area (Å²) in [7, 11) is 0. The Hall–Kier alpha value is -0.450. The maximum atomic E-state index is 8.81. The summed E-state index contributed by atoms with van der Waals surface area (Å²) in [6.07, 6.45) is 4.71. The molecule has 4 heteroatoms. The summed E-state index contributed by atoms with van der Waals surface area (Å²) in [6.45, 7) is 4.57. The van der Waals surface area contributed by atoms with Gasteiger partial charge in [0.15, 0.2) is 0 Å². The number of aromatic nitrogens is 1. The first kappa shape index (κ1) is 12.0. The van der Waals surface area contributed by atoms with Crippen LogP contribution in [0.3, 0.4) is 0 Å². The van der Waals surface area contributed by atoms with Gasteiger partial charge in [0.25, 0.3) is 0 Å². The van der Waals surface area contributed by atoms with E-state index in [-0.39, 0.29) is 0 Å². The lowest BCUT2D eigenvalue weighted by Gasteiger charge is -2.21. The van der Waals surface area contributed by atoms with Crippen molar-refractivity contribution in [2.45, 2.75) is 45.2 Å². The number of aryl methyl sites for hydroxylation is 1. The number of unbranched alkanes of at least 4 members (excludes halogenated alkanes) is 1. The van der Waals surface area contributed by atoms with Gasteiger partial charge in [-0.25, -0.2) is 4.98 Å². The largest absolute Gasteiger partial charge is 0.396 e. The highest BCUT2D eigenvalue weighted by Gasteiger charge is 2.28. The molecule has 1 aromatic rings. The Labute approximate surface area is 101 Å². The van der Waals surface area contributed by atoms with Crippen molar-refractivity contribution >= 4 is 11.3 Å². The van der Waals surface area contributed by atoms with E-state index < -0.39 is 0 Å². The molecule has 0 saturated heterocycles. The Balaban J connectivity index is 1.85. The highest BCUT2D eigenvalue weighted by molar-refractivity contribution is 7.09. The zero-order valence-electron chi connectivity index (χ0n) is 9.85. The fraction of sp³-hybridized carbons (Fsp3) is 0.750. The normalized spacial score (nSPS) is 15.9. The van der Waals surface area contributed by atoms with Gasteiger partial charge in [0.05, 0.1) is 11.2 Å². The van der Waals surface area contributed by atoms with Crippen LogP contribution in [0.4, 0.5) is 0 Å². The lowest BCUT2D eigenvalue weighted by molar-refractivity contribution is 0.230. The van der Waals surface area contributed by atoms with Crippen LogP contribution >= 0.6 is 11.3 Å². The molecule has 1 saturated carbocycles. The van der Waals surface area contributed by atoms with Crippen molar-refractivity contribution < 1.29 is 5.11 Å². The van der Waals surface area contributed by atoms with Crippen LogP contribution in [0.2, 0.25) is 0 Å². The molecule has 3 nitrogen and oxygen atoms in total. The summed E-state index contributed by atoms with van der Waals surface area (Å²) in [4.78, 5) is 8.25. The van der Waals surface area contributed by atoms with E-state index in [1.807, 2.05) is 5.51 Å². The van der Waals surface area contributed by atoms with Crippen molar-refractivity contribution in [3.8, 4) is 0 Å². The van der Waals surface area contributed by atoms with Crippen molar-refractivity contribution in [3.63, 3.8) is 0 Å². The van der Waals surface area contributed by atoms with Crippen molar-refractivity contribution in [3.05, 3.63) is 16.1 Å². The molecule has 0 bridgehead atoms. The molecule has 0 unspecified atom stereocenters. The van der Waals surface area contributed by atoms with E-state index in [2.05, 4.69) is 16.8 Å².